The monoisotopic (exact) mass is 276 g/mol. The van der Waals surface area contributed by atoms with Crippen molar-refractivity contribution in [2.45, 2.75) is 23.8 Å². The second-order valence-electron chi connectivity index (χ2n) is 3.85. The molecule has 1 unspecified atom stereocenters. The van der Waals surface area contributed by atoms with Gasteiger partial charge in [0.2, 0.25) is 10.0 Å². The van der Waals surface area contributed by atoms with E-state index >= 15 is 0 Å². The number of halogens is 1. The van der Waals surface area contributed by atoms with Crippen LogP contribution in [0.15, 0.2) is 23.2 Å². The van der Waals surface area contributed by atoms with Crippen LogP contribution >= 0.6 is 11.6 Å². The van der Waals surface area contributed by atoms with E-state index in [9.17, 15) is 8.42 Å². The lowest BCUT2D eigenvalue weighted by Crippen LogP contribution is -2.40. The highest BCUT2D eigenvalue weighted by Crippen LogP contribution is 2.13. The number of pyridine rings is 1. The predicted octanol–water partition coefficient (Wildman–Crippen LogP) is 1.19. The van der Waals surface area contributed by atoms with E-state index in [2.05, 4.69) is 9.71 Å². The van der Waals surface area contributed by atoms with Crippen LogP contribution in [0.5, 0.6) is 0 Å². The van der Waals surface area contributed by atoms with E-state index in [1.807, 2.05) is 0 Å². The molecule has 94 valence electrons. The molecule has 2 heterocycles. The van der Waals surface area contributed by atoms with E-state index in [1.165, 1.54) is 18.3 Å². The number of nitrogens with zero attached hydrogens (tertiary/aromatic N) is 1. The van der Waals surface area contributed by atoms with Crippen molar-refractivity contribution in [1.29, 1.82) is 0 Å². The maximum absolute atomic E-state index is 12.0. The highest BCUT2D eigenvalue weighted by molar-refractivity contribution is 7.89. The minimum Gasteiger partial charge on any atom is -0.380 e. The lowest BCUT2D eigenvalue weighted by molar-refractivity contribution is 0.0774. The van der Waals surface area contributed by atoms with Crippen molar-refractivity contribution in [3.05, 3.63) is 23.5 Å². The van der Waals surface area contributed by atoms with Crippen LogP contribution in [0.25, 0.3) is 0 Å². The molecule has 17 heavy (non-hydrogen) atoms. The Bertz CT molecular complexity index is 469. The summed E-state index contributed by atoms with van der Waals surface area (Å²) in [5, 5.41) is 0.268. The number of hydrogen-bond acceptors (Lipinski definition) is 4. The normalized spacial score (nSPS) is 21.4. The Morgan fingerprint density at radius 2 is 2.29 bits per heavy atom. The Morgan fingerprint density at radius 3 is 2.88 bits per heavy atom. The third-order valence-electron chi connectivity index (χ3n) is 2.49. The fraction of sp³-hybridized carbons (Fsp3) is 0.500. The Balaban J connectivity index is 2.10. The third-order valence-corrected chi connectivity index (χ3v) is 4.22. The molecule has 1 aromatic rings. The number of nitrogens with one attached hydrogen (secondary N) is 1. The van der Waals surface area contributed by atoms with Crippen LogP contribution in [0.1, 0.15) is 12.8 Å². The summed E-state index contributed by atoms with van der Waals surface area (Å²) in [6.07, 6.45) is 2.90. The second-order valence-corrected chi connectivity index (χ2v) is 5.95. The predicted molar refractivity (Wildman–Crippen MR) is 63.4 cm³/mol. The molecule has 0 aliphatic carbocycles. The zero-order chi connectivity index (χ0) is 12.3. The molecule has 0 saturated carbocycles. The third kappa shape index (κ3) is 3.38. The van der Waals surface area contributed by atoms with Crippen LogP contribution in [0, 0.1) is 0 Å². The largest absolute Gasteiger partial charge is 0.380 e. The first kappa shape index (κ1) is 12.8. The Hall–Kier alpha value is -0.690. The summed E-state index contributed by atoms with van der Waals surface area (Å²) < 4.78 is 31.7. The molecule has 1 aliphatic heterocycles. The summed E-state index contributed by atoms with van der Waals surface area (Å²) in [7, 11) is -3.53. The minimum absolute atomic E-state index is 0.118. The van der Waals surface area contributed by atoms with E-state index < -0.39 is 10.0 Å². The molecule has 5 nitrogen and oxygen atoms in total. The van der Waals surface area contributed by atoms with Gasteiger partial charge in [-0.3, -0.25) is 0 Å². The van der Waals surface area contributed by atoms with E-state index in [0.717, 1.165) is 12.8 Å². The summed E-state index contributed by atoms with van der Waals surface area (Å²) in [5.74, 6) is 0. The topological polar surface area (TPSA) is 68.3 Å². The maximum Gasteiger partial charge on any atom is 0.242 e. The van der Waals surface area contributed by atoms with Gasteiger partial charge in [-0.1, -0.05) is 11.6 Å². The van der Waals surface area contributed by atoms with Crippen molar-refractivity contribution in [1.82, 2.24) is 9.71 Å². The molecule has 0 spiro atoms. The van der Waals surface area contributed by atoms with Gasteiger partial charge in [0.25, 0.3) is 0 Å². The highest BCUT2D eigenvalue weighted by Gasteiger charge is 2.22. The van der Waals surface area contributed by atoms with Crippen molar-refractivity contribution in [2.24, 2.45) is 0 Å². The van der Waals surface area contributed by atoms with E-state index in [4.69, 9.17) is 16.3 Å². The first-order valence-electron chi connectivity index (χ1n) is 5.29. The standard InChI is InChI=1S/C10H13ClN2O3S/c11-10-4-3-9(6-12-10)17(14,15)13-8-2-1-5-16-7-8/h3-4,6,8,13H,1-2,5,7H2. The lowest BCUT2D eigenvalue weighted by Gasteiger charge is -2.22. The number of sulfonamides is 1. The van der Waals surface area contributed by atoms with E-state index in [-0.39, 0.29) is 16.1 Å². The number of hydrogen-bond donors (Lipinski definition) is 1. The van der Waals surface area contributed by atoms with Crippen LogP contribution in [0.3, 0.4) is 0 Å². The summed E-state index contributed by atoms with van der Waals surface area (Å²) in [6, 6.07) is 2.72. The van der Waals surface area contributed by atoms with E-state index in [1.54, 1.807) is 0 Å². The molecule has 2 rings (SSSR count). The summed E-state index contributed by atoms with van der Waals surface area (Å²) in [6.45, 7) is 1.11. The van der Waals surface area contributed by atoms with Crippen LogP contribution in [-0.2, 0) is 14.8 Å². The van der Waals surface area contributed by atoms with Gasteiger partial charge < -0.3 is 4.74 Å². The molecule has 1 saturated heterocycles. The Morgan fingerprint density at radius 1 is 1.47 bits per heavy atom. The van der Waals surface area contributed by atoms with Crippen molar-refractivity contribution in [3.63, 3.8) is 0 Å². The minimum atomic E-state index is -3.53. The van der Waals surface area contributed by atoms with Gasteiger partial charge in [0, 0.05) is 18.8 Å². The molecule has 1 fully saturated rings. The second kappa shape index (κ2) is 5.30. The highest BCUT2D eigenvalue weighted by atomic mass is 35.5. The summed E-state index contributed by atoms with van der Waals surface area (Å²) >= 11 is 5.61. The van der Waals surface area contributed by atoms with Gasteiger partial charge in [-0.25, -0.2) is 18.1 Å². The fourth-order valence-electron chi connectivity index (χ4n) is 1.64. The van der Waals surface area contributed by atoms with Crippen molar-refractivity contribution in [3.8, 4) is 0 Å². The Kier molecular flexibility index (Phi) is 3.98. The average Bonchev–Trinajstić information content (AvgIpc) is 2.30. The number of rotatable bonds is 3. The molecule has 0 bridgehead atoms. The van der Waals surface area contributed by atoms with Gasteiger partial charge in [-0.15, -0.1) is 0 Å². The molecule has 0 aromatic carbocycles. The molecular formula is C10H13ClN2O3S. The molecule has 1 atom stereocenters. The van der Waals surface area contributed by atoms with Crippen LogP contribution < -0.4 is 4.72 Å². The average molecular weight is 277 g/mol. The summed E-state index contributed by atoms with van der Waals surface area (Å²) in [4.78, 5) is 3.87. The molecule has 0 radical (unpaired) electrons. The molecule has 1 aliphatic rings. The quantitative estimate of drug-likeness (QED) is 0.842. The SMILES string of the molecule is O=S(=O)(NC1CCCOC1)c1ccc(Cl)nc1. The molecular weight excluding hydrogens is 264 g/mol. The van der Waals surface area contributed by atoms with Gasteiger partial charge in [-0.2, -0.15) is 0 Å². The number of aromatic nitrogens is 1. The zero-order valence-corrected chi connectivity index (χ0v) is 10.7. The van der Waals surface area contributed by atoms with Crippen LogP contribution in [0.2, 0.25) is 5.15 Å². The first-order chi connectivity index (χ1) is 8.08. The fourth-order valence-corrected chi connectivity index (χ4v) is 2.95. The summed E-state index contributed by atoms with van der Waals surface area (Å²) in [5.41, 5.74) is 0. The molecule has 1 aromatic heterocycles. The van der Waals surface area contributed by atoms with Crippen molar-refractivity contribution in [2.75, 3.05) is 13.2 Å². The van der Waals surface area contributed by atoms with Crippen molar-refractivity contribution < 1.29 is 13.2 Å². The zero-order valence-electron chi connectivity index (χ0n) is 9.10. The molecule has 0 amide bonds. The van der Waals surface area contributed by atoms with Gasteiger partial charge in [0.15, 0.2) is 0 Å². The number of ether oxygens (including phenoxy) is 1. The van der Waals surface area contributed by atoms with E-state index in [0.29, 0.717) is 13.2 Å². The lowest BCUT2D eigenvalue weighted by atomic mass is 10.1. The van der Waals surface area contributed by atoms with Crippen LogP contribution in [-0.4, -0.2) is 32.7 Å². The molecule has 1 N–H and O–H groups in total. The maximum atomic E-state index is 12.0. The molecule has 7 heteroatoms. The van der Waals surface area contributed by atoms with Gasteiger partial charge >= 0.3 is 0 Å². The van der Waals surface area contributed by atoms with Gasteiger partial charge in [-0.05, 0) is 25.0 Å². The van der Waals surface area contributed by atoms with Gasteiger partial charge in [0.05, 0.1) is 6.61 Å². The Labute approximate surface area is 105 Å². The van der Waals surface area contributed by atoms with Crippen molar-refractivity contribution >= 4 is 21.6 Å². The smallest absolute Gasteiger partial charge is 0.242 e. The van der Waals surface area contributed by atoms with Gasteiger partial charge in [0.1, 0.15) is 10.0 Å². The first-order valence-corrected chi connectivity index (χ1v) is 7.16. The van der Waals surface area contributed by atoms with Crippen LogP contribution in [0.4, 0.5) is 0 Å².